The first-order valence-electron chi connectivity index (χ1n) is 12.8. The molecule has 16 nitrogen and oxygen atoms in total. The van der Waals surface area contributed by atoms with Crippen LogP contribution in [0.1, 0.15) is 0 Å². The molecule has 230 valence electrons. The fourth-order valence-corrected chi connectivity index (χ4v) is 3.87. The molecule has 0 aliphatic carbocycles. The maximum absolute atomic E-state index is 12.4. The number of carbonyl (C=O) groups is 2. The summed E-state index contributed by atoms with van der Waals surface area (Å²) in [6.07, 6.45) is -17.2. The normalized spacial score (nSPS) is 25.4. The fraction of sp³-hybridized carbons (Fsp3) is 0.462. The van der Waals surface area contributed by atoms with Crippen LogP contribution in [-0.2, 0) is 19.1 Å². The fourth-order valence-electron chi connectivity index (χ4n) is 3.87. The van der Waals surface area contributed by atoms with Gasteiger partial charge in [-0.05, 0) is 36.4 Å². The van der Waals surface area contributed by atoms with Crippen LogP contribution in [0.15, 0.2) is 64.8 Å². The first-order chi connectivity index (χ1) is 20.0. The summed E-state index contributed by atoms with van der Waals surface area (Å²) in [7, 11) is 0. The SMILES string of the molecule is O=C(CNC(=O)[C@H](O)[C@@H](O)[C@H](O[C@H]1O[C@H](CO)[C@@H](O)[C@H](O)[C@H]1O)[C@H](O)CO)Nc1ccc(N=Nc2ccccc2)cc1. The zero-order valence-electron chi connectivity index (χ0n) is 22.1. The topological polar surface area (TPSA) is 263 Å². The van der Waals surface area contributed by atoms with Gasteiger partial charge >= 0.3 is 0 Å². The van der Waals surface area contributed by atoms with Crippen molar-refractivity contribution in [2.24, 2.45) is 10.2 Å². The van der Waals surface area contributed by atoms with Gasteiger partial charge in [-0.25, -0.2) is 0 Å². The molecule has 1 heterocycles. The number of rotatable bonds is 13. The molecule has 42 heavy (non-hydrogen) atoms. The number of benzene rings is 2. The second-order valence-corrected chi connectivity index (χ2v) is 9.33. The van der Waals surface area contributed by atoms with Crippen molar-refractivity contribution in [1.29, 1.82) is 0 Å². The van der Waals surface area contributed by atoms with Crippen LogP contribution in [-0.4, -0.2) is 128 Å². The van der Waals surface area contributed by atoms with Crippen molar-refractivity contribution in [2.75, 3.05) is 25.1 Å². The summed E-state index contributed by atoms with van der Waals surface area (Å²) in [5.74, 6) is -1.94. The Balaban J connectivity index is 1.53. The van der Waals surface area contributed by atoms with Gasteiger partial charge in [0, 0.05) is 5.69 Å². The van der Waals surface area contributed by atoms with Gasteiger partial charge in [0.1, 0.15) is 42.7 Å². The predicted molar refractivity (Wildman–Crippen MR) is 142 cm³/mol. The third kappa shape index (κ3) is 8.79. The minimum atomic E-state index is -2.30. The summed E-state index contributed by atoms with van der Waals surface area (Å²) in [6.45, 7) is -2.45. The van der Waals surface area contributed by atoms with E-state index in [1.165, 1.54) is 0 Å². The Bertz CT molecular complexity index is 1170. The highest BCUT2D eigenvalue weighted by molar-refractivity contribution is 5.95. The lowest BCUT2D eigenvalue weighted by atomic mass is 9.98. The molecule has 0 radical (unpaired) electrons. The van der Waals surface area contributed by atoms with Crippen LogP contribution >= 0.6 is 0 Å². The number of aliphatic hydroxyl groups excluding tert-OH is 8. The molecule has 1 aliphatic heterocycles. The molecule has 2 aromatic carbocycles. The number of azo groups is 1. The average Bonchev–Trinajstić information content (AvgIpc) is 3.01. The van der Waals surface area contributed by atoms with Gasteiger partial charge in [0.15, 0.2) is 12.4 Å². The largest absolute Gasteiger partial charge is 0.394 e. The first-order valence-corrected chi connectivity index (χ1v) is 12.8. The molecule has 1 aliphatic rings. The summed E-state index contributed by atoms with van der Waals surface area (Å²) < 4.78 is 10.4. The molecule has 1 fully saturated rings. The van der Waals surface area contributed by atoms with Crippen molar-refractivity contribution in [3.05, 3.63) is 54.6 Å². The van der Waals surface area contributed by atoms with Crippen LogP contribution in [0.25, 0.3) is 0 Å². The first kappa shape index (κ1) is 33.1. The minimum Gasteiger partial charge on any atom is -0.394 e. The summed E-state index contributed by atoms with van der Waals surface area (Å²) in [4.78, 5) is 24.7. The molecule has 9 atom stereocenters. The molecular formula is C26H34N4O12. The lowest BCUT2D eigenvalue weighted by Crippen LogP contribution is -2.62. The van der Waals surface area contributed by atoms with Gasteiger partial charge in [-0.3, -0.25) is 9.59 Å². The zero-order chi connectivity index (χ0) is 30.8. The van der Waals surface area contributed by atoms with E-state index in [4.69, 9.17) is 9.47 Å². The van der Waals surface area contributed by atoms with E-state index in [2.05, 4.69) is 20.9 Å². The van der Waals surface area contributed by atoms with Crippen molar-refractivity contribution in [2.45, 2.75) is 55.1 Å². The molecule has 0 spiro atoms. The molecule has 3 rings (SSSR count). The van der Waals surface area contributed by atoms with Gasteiger partial charge in [0.2, 0.25) is 5.91 Å². The second kappa shape index (κ2) is 15.7. The maximum atomic E-state index is 12.4. The Morgan fingerprint density at radius 2 is 1.50 bits per heavy atom. The van der Waals surface area contributed by atoms with Crippen molar-refractivity contribution < 1.29 is 59.9 Å². The number of nitrogens with zero attached hydrogens (tertiary/aromatic N) is 2. The highest BCUT2D eigenvalue weighted by Gasteiger charge is 2.47. The molecule has 0 saturated carbocycles. The lowest BCUT2D eigenvalue weighted by Gasteiger charge is -2.42. The van der Waals surface area contributed by atoms with Crippen molar-refractivity contribution in [1.82, 2.24) is 5.32 Å². The van der Waals surface area contributed by atoms with Crippen molar-refractivity contribution in [3.8, 4) is 0 Å². The van der Waals surface area contributed by atoms with Crippen molar-refractivity contribution in [3.63, 3.8) is 0 Å². The van der Waals surface area contributed by atoms with Gasteiger partial charge in [0.05, 0.1) is 31.1 Å². The van der Waals surface area contributed by atoms with Crippen LogP contribution in [0.2, 0.25) is 0 Å². The Morgan fingerprint density at radius 3 is 2.10 bits per heavy atom. The second-order valence-electron chi connectivity index (χ2n) is 9.33. The van der Waals surface area contributed by atoms with Crippen LogP contribution in [0.3, 0.4) is 0 Å². The lowest BCUT2D eigenvalue weighted by molar-refractivity contribution is -0.326. The summed E-state index contributed by atoms with van der Waals surface area (Å²) in [5, 5.41) is 92.4. The van der Waals surface area contributed by atoms with Gasteiger partial charge in [0.25, 0.3) is 5.91 Å². The van der Waals surface area contributed by atoms with Crippen LogP contribution in [0.4, 0.5) is 17.1 Å². The number of anilines is 1. The molecule has 0 unspecified atom stereocenters. The molecule has 2 aromatic rings. The maximum Gasteiger partial charge on any atom is 0.252 e. The minimum absolute atomic E-state index is 0.368. The molecule has 1 saturated heterocycles. The highest BCUT2D eigenvalue weighted by atomic mass is 16.7. The summed E-state index contributed by atoms with van der Waals surface area (Å²) in [6, 6.07) is 15.4. The number of ether oxygens (including phenoxy) is 2. The van der Waals surface area contributed by atoms with E-state index in [1.54, 1.807) is 36.4 Å². The van der Waals surface area contributed by atoms with E-state index < -0.39 is 86.7 Å². The Morgan fingerprint density at radius 1 is 0.881 bits per heavy atom. The number of hydrogen-bond acceptors (Lipinski definition) is 14. The van der Waals surface area contributed by atoms with Gasteiger partial charge < -0.3 is 61.0 Å². The number of carbonyl (C=O) groups excluding carboxylic acids is 2. The number of nitrogens with one attached hydrogen (secondary N) is 2. The number of aliphatic hydroxyl groups is 8. The van der Waals surface area contributed by atoms with E-state index in [1.807, 2.05) is 18.2 Å². The van der Waals surface area contributed by atoms with Crippen LogP contribution in [0, 0.1) is 0 Å². The standard InChI is InChI=1S/C26H34N4O12/c31-11-16(33)24(42-26-23(39)20(36)19(35)17(12-32)41-26)21(37)22(38)25(40)27-10-18(34)28-13-6-8-15(9-7-13)30-29-14-4-2-1-3-5-14/h1-9,16-17,19-24,26,31-33,35-39H,10-12H2,(H,27,40)(H,28,34)/t16-,17-,19-,20+,21-,22-,23-,24-,26-/m1/s1. The smallest absolute Gasteiger partial charge is 0.252 e. The Kier molecular flexibility index (Phi) is 12.4. The number of hydrogen-bond donors (Lipinski definition) is 10. The van der Waals surface area contributed by atoms with E-state index in [9.17, 15) is 50.4 Å². The van der Waals surface area contributed by atoms with E-state index >= 15 is 0 Å². The van der Waals surface area contributed by atoms with Gasteiger partial charge in [-0.15, -0.1) is 0 Å². The average molecular weight is 595 g/mol. The quantitative estimate of drug-likeness (QED) is 0.107. The van der Waals surface area contributed by atoms with Gasteiger partial charge in [-0.1, -0.05) is 18.2 Å². The summed E-state index contributed by atoms with van der Waals surface area (Å²) >= 11 is 0. The predicted octanol–water partition coefficient (Wildman–Crippen LogP) is -2.58. The van der Waals surface area contributed by atoms with Crippen LogP contribution in [0.5, 0.6) is 0 Å². The molecule has 2 amide bonds. The molecule has 10 N–H and O–H groups in total. The van der Waals surface area contributed by atoms with E-state index in [0.29, 0.717) is 17.1 Å². The third-order valence-electron chi connectivity index (χ3n) is 6.25. The number of amides is 2. The highest BCUT2D eigenvalue weighted by Crippen LogP contribution is 2.25. The molecule has 0 bridgehead atoms. The zero-order valence-corrected chi connectivity index (χ0v) is 22.1. The Labute approximate surface area is 239 Å². The molecule has 0 aromatic heterocycles. The Hall–Kier alpha value is -3.42. The molecule has 16 heteroatoms. The monoisotopic (exact) mass is 594 g/mol. The van der Waals surface area contributed by atoms with Crippen LogP contribution < -0.4 is 10.6 Å². The van der Waals surface area contributed by atoms with E-state index in [0.717, 1.165) is 0 Å². The summed E-state index contributed by atoms with van der Waals surface area (Å²) in [5.41, 5.74) is 1.55. The van der Waals surface area contributed by atoms with Crippen molar-refractivity contribution >= 4 is 28.9 Å². The third-order valence-corrected chi connectivity index (χ3v) is 6.25. The van der Waals surface area contributed by atoms with E-state index in [-0.39, 0.29) is 0 Å². The van der Waals surface area contributed by atoms with Gasteiger partial charge in [-0.2, -0.15) is 10.2 Å². The molecular weight excluding hydrogens is 560 g/mol.